The summed E-state index contributed by atoms with van der Waals surface area (Å²) in [6.07, 6.45) is 7.12. The molecule has 4 aliphatic carbocycles. The summed E-state index contributed by atoms with van der Waals surface area (Å²) in [6.45, 7) is 0. The molecular weight excluding hydrogens is 423 g/mol. The number of nitro groups is 1. The SMILES string of the molecule is O=C(CC1SC(=NC23CC4CC(CC(C4)C2)C3)NC1=O)Nc1ccc(F)c([N+](=O)[O-])c1. The molecular formula is C21H23FN4O4S. The van der Waals surface area contributed by atoms with E-state index in [-0.39, 0.29) is 23.6 Å². The number of rotatable bonds is 5. The van der Waals surface area contributed by atoms with Gasteiger partial charge in [0, 0.05) is 18.2 Å². The third-order valence-electron chi connectivity index (χ3n) is 6.92. The number of aliphatic imine (C=N–C) groups is 1. The predicted octanol–water partition coefficient (Wildman–Crippen LogP) is 3.62. The number of halogens is 1. The van der Waals surface area contributed by atoms with Crippen LogP contribution in [0.5, 0.6) is 0 Å². The van der Waals surface area contributed by atoms with Crippen molar-refractivity contribution in [3.8, 4) is 0 Å². The lowest BCUT2D eigenvalue weighted by atomic mass is 9.53. The van der Waals surface area contributed by atoms with Crippen molar-refractivity contribution in [2.75, 3.05) is 5.32 Å². The molecule has 1 heterocycles. The number of amidine groups is 1. The monoisotopic (exact) mass is 446 g/mol. The van der Waals surface area contributed by atoms with Crippen LogP contribution in [-0.4, -0.2) is 32.7 Å². The van der Waals surface area contributed by atoms with E-state index in [1.165, 1.54) is 37.1 Å². The summed E-state index contributed by atoms with van der Waals surface area (Å²) in [5, 5.41) is 16.2. The van der Waals surface area contributed by atoms with E-state index in [1.807, 2.05) is 0 Å². The summed E-state index contributed by atoms with van der Waals surface area (Å²) in [7, 11) is 0. The van der Waals surface area contributed by atoms with Gasteiger partial charge in [-0.2, -0.15) is 4.39 Å². The van der Waals surface area contributed by atoms with E-state index in [1.54, 1.807) is 0 Å². The van der Waals surface area contributed by atoms with Crippen LogP contribution in [0.4, 0.5) is 15.8 Å². The summed E-state index contributed by atoms with van der Waals surface area (Å²) in [6, 6.07) is 3.15. The third-order valence-corrected chi connectivity index (χ3v) is 8.00. The fraction of sp³-hybridized carbons (Fsp3) is 0.571. The first-order valence-electron chi connectivity index (χ1n) is 10.6. The van der Waals surface area contributed by atoms with Gasteiger partial charge >= 0.3 is 5.69 Å². The minimum atomic E-state index is -0.973. The number of nitrogens with zero attached hydrogens (tertiary/aromatic N) is 2. The molecule has 2 N–H and O–H groups in total. The molecule has 1 aromatic rings. The Morgan fingerprint density at radius 3 is 2.52 bits per heavy atom. The molecule has 5 aliphatic rings. The second-order valence-electron chi connectivity index (χ2n) is 9.33. The number of hydrogen-bond donors (Lipinski definition) is 2. The first kappa shape index (κ1) is 20.4. The molecule has 0 aromatic heterocycles. The zero-order valence-corrected chi connectivity index (χ0v) is 17.6. The molecule has 2 amide bonds. The van der Waals surface area contributed by atoms with Crippen molar-refractivity contribution in [1.29, 1.82) is 0 Å². The van der Waals surface area contributed by atoms with Crippen LogP contribution >= 0.6 is 11.8 Å². The lowest BCUT2D eigenvalue weighted by molar-refractivity contribution is -0.387. The molecule has 0 radical (unpaired) electrons. The van der Waals surface area contributed by atoms with Gasteiger partial charge in [-0.25, -0.2) is 0 Å². The molecule has 5 fully saturated rings. The van der Waals surface area contributed by atoms with E-state index in [0.717, 1.165) is 49.1 Å². The Labute approximate surface area is 182 Å². The highest BCUT2D eigenvalue weighted by molar-refractivity contribution is 8.15. The summed E-state index contributed by atoms with van der Waals surface area (Å²) >= 11 is 1.28. The third kappa shape index (κ3) is 4.05. The Morgan fingerprint density at radius 1 is 1.26 bits per heavy atom. The van der Waals surface area contributed by atoms with E-state index in [0.29, 0.717) is 5.17 Å². The Morgan fingerprint density at radius 2 is 1.90 bits per heavy atom. The van der Waals surface area contributed by atoms with Gasteiger partial charge in [-0.05, 0) is 68.4 Å². The van der Waals surface area contributed by atoms with Crippen molar-refractivity contribution in [2.45, 2.75) is 55.7 Å². The Hall–Kier alpha value is -2.49. The van der Waals surface area contributed by atoms with Crippen LogP contribution in [-0.2, 0) is 9.59 Å². The number of nitrogens with one attached hydrogen (secondary N) is 2. The zero-order chi connectivity index (χ0) is 21.8. The molecule has 6 rings (SSSR count). The fourth-order valence-corrected chi connectivity index (χ4v) is 7.20. The molecule has 1 aromatic carbocycles. The molecule has 0 spiro atoms. The van der Waals surface area contributed by atoms with Gasteiger partial charge in [0.1, 0.15) is 5.25 Å². The maximum absolute atomic E-state index is 13.5. The molecule has 4 saturated carbocycles. The fourth-order valence-electron chi connectivity index (χ4n) is 6.12. The lowest BCUT2D eigenvalue weighted by Gasteiger charge is -2.55. The summed E-state index contributed by atoms with van der Waals surface area (Å²) in [5.41, 5.74) is -0.658. The first-order chi connectivity index (χ1) is 14.8. The van der Waals surface area contributed by atoms with E-state index in [4.69, 9.17) is 4.99 Å². The van der Waals surface area contributed by atoms with Crippen molar-refractivity contribution in [3.63, 3.8) is 0 Å². The van der Waals surface area contributed by atoms with Gasteiger partial charge in [0.05, 0.1) is 10.5 Å². The van der Waals surface area contributed by atoms with Crippen molar-refractivity contribution < 1.29 is 18.9 Å². The van der Waals surface area contributed by atoms with Crippen LogP contribution in [0.25, 0.3) is 0 Å². The topological polar surface area (TPSA) is 114 Å². The molecule has 31 heavy (non-hydrogen) atoms. The molecule has 164 valence electrons. The molecule has 4 bridgehead atoms. The predicted molar refractivity (Wildman–Crippen MR) is 114 cm³/mol. The first-order valence-corrected chi connectivity index (χ1v) is 11.5. The molecule has 1 unspecified atom stereocenters. The van der Waals surface area contributed by atoms with Crippen molar-refractivity contribution >= 4 is 40.1 Å². The van der Waals surface area contributed by atoms with Gasteiger partial charge in [-0.1, -0.05) is 11.8 Å². The largest absolute Gasteiger partial charge is 0.326 e. The highest BCUT2D eigenvalue weighted by Gasteiger charge is 2.51. The maximum atomic E-state index is 13.5. The molecule has 1 atom stereocenters. The van der Waals surface area contributed by atoms with Gasteiger partial charge in [-0.15, -0.1) is 0 Å². The van der Waals surface area contributed by atoms with Crippen LogP contribution in [0.3, 0.4) is 0 Å². The van der Waals surface area contributed by atoms with Crippen molar-refractivity contribution in [1.82, 2.24) is 5.32 Å². The van der Waals surface area contributed by atoms with Crippen LogP contribution < -0.4 is 10.6 Å². The number of hydrogen-bond acceptors (Lipinski definition) is 6. The maximum Gasteiger partial charge on any atom is 0.306 e. The average Bonchev–Trinajstić information content (AvgIpc) is 2.99. The normalized spacial score (nSPS) is 34.7. The minimum absolute atomic E-state index is 0.0610. The summed E-state index contributed by atoms with van der Waals surface area (Å²) in [5.74, 6) is 0.551. The Balaban J connectivity index is 1.23. The summed E-state index contributed by atoms with van der Waals surface area (Å²) in [4.78, 5) is 39.8. The Bertz CT molecular complexity index is 962. The number of nitro benzene ring substituents is 1. The van der Waals surface area contributed by atoms with Crippen LogP contribution in [0.1, 0.15) is 44.9 Å². The molecule has 1 aliphatic heterocycles. The summed E-state index contributed by atoms with van der Waals surface area (Å²) < 4.78 is 13.5. The average molecular weight is 447 g/mol. The second-order valence-corrected chi connectivity index (χ2v) is 10.5. The molecule has 1 saturated heterocycles. The van der Waals surface area contributed by atoms with Crippen molar-refractivity contribution in [2.24, 2.45) is 22.7 Å². The van der Waals surface area contributed by atoms with E-state index < -0.39 is 27.6 Å². The van der Waals surface area contributed by atoms with Crippen LogP contribution in [0, 0.1) is 33.7 Å². The van der Waals surface area contributed by atoms with E-state index in [9.17, 15) is 24.1 Å². The smallest absolute Gasteiger partial charge is 0.306 e. The zero-order valence-electron chi connectivity index (χ0n) is 16.8. The second kappa shape index (κ2) is 7.58. The quantitative estimate of drug-likeness (QED) is 0.530. The van der Waals surface area contributed by atoms with E-state index in [2.05, 4.69) is 10.6 Å². The number of carbonyl (C=O) groups excluding carboxylic acids is 2. The number of amides is 2. The number of anilines is 1. The highest BCUT2D eigenvalue weighted by atomic mass is 32.2. The highest BCUT2D eigenvalue weighted by Crippen LogP contribution is 2.57. The standard InChI is InChI=1S/C21H23FN4O4S/c22-15-2-1-14(6-16(15)26(29)30)23-18(27)7-17-19(28)24-20(31-17)25-21-8-11-3-12(9-21)5-13(4-11)10-21/h1-2,6,11-13,17H,3-5,7-10H2,(H,23,27)(H,24,25,28). The van der Waals surface area contributed by atoms with Crippen molar-refractivity contribution in [3.05, 3.63) is 34.1 Å². The lowest BCUT2D eigenvalue weighted by Crippen LogP contribution is -2.50. The Kier molecular flexibility index (Phi) is 4.99. The van der Waals surface area contributed by atoms with E-state index >= 15 is 0 Å². The number of benzene rings is 1. The number of carbonyl (C=O) groups is 2. The molecule has 10 heteroatoms. The van der Waals surface area contributed by atoms with Crippen LogP contribution in [0.2, 0.25) is 0 Å². The van der Waals surface area contributed by atoms with Gasteiger partial charge in [0.15, 0.2) is 5.17 Å². The van der Waals surface area contributed by atoms with Gasteiger partial charge in [0.2, 0.25) is 17.6 Å². The van der Waals surface area contributed by atoms with Gasteiger partial charge < -0.3 is 10.6 Å². The number of thioether (sulfide) groups is 1. The molecule has 8 nitrogen and oxygen atoms in total. The minimum Gasteiger partial charge on any atom is -0.326 e. The van der Waals surface area contributed by atoms with Gasteiger partial charge in [0.25, 0.3) is 0 Å². The van der Waals surface area contributed by atoms with Crippen LogP contribution in [0.15, 0.2) is 23.2 Å². The van der Waals surface area contributed by atoms with Gasteiger partial charge in [-0.3, -0.25) is 24.7 Å².